The fraction of sp³-hybridized carbons (Fsp3) is 0.294. The number of hydrogen-bond acceptors (Lipinski definition) is 5. The summed E-state index contributed by atoms with van der Waals surface area (Å²) in [7, 11) is 3.15. The predicted octanol–water partition coefficient (Wildman–Crippen LogP) is 1.81. The van der Waals surface area contributed by atoms with Gasteiger partial charge in [-0.15, -0.1) is 0 Å². The van der Waals surface area contributed by atoms with Crippen LogP contribution in [0.25, 0.3) is 5.70 Å². The number of hydrazine groups is 1. The predicted molar refractivity (Wildman–Crippen MR) is 91.6 cm³/mol. The van der Waals surface area contributed by atoms with E-state index in [0.29, 0.717) is 17.2 Å². The van der Waals surface area contributed by atoms with E-state index >= 15 is 0 Å². The number of ether oxygens (including phenoxy) is 2. The first-order chi connectivity index (χ1) is 11.4. The van der Waals surface area contributed by atoms with E-state index < -0.39 is 0 Å². The first-order valence-electron chi connectivity index (χ1n) is 7.41. The van der Waals surface area contributed by atoms with Gasteiger partial charge in [-0.1, -0.05) is 6.58 Å². The molecule has 0 aliphatic rings. The summed E-state index contributed by atoms with van der Waals surface area (Å²) in [6.07, 6.45) is 0. The Hall–Kier alpha value is -2.96. The lowest BCUT2D eigenvalue weighted by Gasteiger charge is -2.15. The molecule has 2 N–H and O–H groups in total. The number of methoxy groups -OCH3 is 2. The summed E-state index contributed by atoms with van der Waals surface area (Å²) in [6.45, 7) is 7.84. The Balaban J connectivity index is 1.97. The van der Waals surface area contributed by atoms with Crippen LogP contribution >= 0.6 is 0 Å². The number of hydrogen-bond donors (Lipinski definition) is 2. The average Bonchev–Trinajstić information content (AvgIpc) is 2.89. The highest BCUT2D eigenvalue weighted by molar-refractivity contribution is 5.77. The average molecular weight is 330 g/mol. The van der Waals surface area contributed by atoms with Crippen molar-refractivity contribution in [1.82, 2.24) is 20.6 Å². The summed E-state index contributed by atoms with van der Waals surface area (Å²) in [6, 6.07) is 7.27. The smallest absolute Gasteiger partial charge is 0.260 e. The number of carbonyl (C=O) groups is 1. The molecular weight excluding hydrogens is 308 g/mol. The molecule has 0 unspecified atom stereocenters. The molecule has 0 aliphatic heterocycles. The second kappa shape index (κ2) is 7.54. The van der Waals surface area contributed by atoms with Crippen LogP contribution in [0.2, 0.25) is 0 Å². The monoisotopic (exact) mass is 330 g/mol. The molecule has 0 radical (unpaired) electrons. The summed E-state index contributed by atoms with van der Waals surface area (Å²) < 4.78 is 12.1. The van der Waals surface area contributed by atoms with Crippen molar-refractivity contribution >= 4 is 11.6 Å². The second-order valence-corrected chi connectivity index (χ2v) is 5.30. The lowest BCUT2D eigenvalue weighted by Crippen LogP contribution is -2.38. The van der Waals surface area contributed by atoms with Gasteiger partial charge in [0.1, 0.15) is 18.0 Å². The van der Waals surface area contributed by atoms with Crippen LogP contribution in [0.5, 0.6) is 11.5 Å². The Morgan fingerprint density at radius 2 is 1.96 bits per heavy atom. The molecule has 2 rings (SSSR count). The van der Waals surface area contributed by atoms with E-state index in [-0.39, 0.29) is 12.5 Å². The zero-order valence-corrected chi connectivity index (χ0v) is 14.3. The zero-order chi connectivity index (χ0) is 17.7. The van der Waals surface area contributed by atoms with E-state index in [9.17, 15) is 4.79 Å². The SMILES string of the molecule is C=C(NNC(=O)Cn1nc(C)cc1C)c1ccc(OC)cc1OC. The highest BCUT2D eigenvalue weighted by atomic mass is 16.5. The molecular formula is C17H22N4O3. The minimum absolute atomic E-state index is 0.125. The van der Waals surface area contributed by atoms with Gasteiger partial charge in [-0.3, -0.25) is 20.3 Å². The van der Waals surface area contributed by atoms with Gasteiger partial charge in [0.05, 0.1) is 25.6 Å². The molecule has 7 heteroatoms. The van der Waals surface area contributed by atoms with Gasteiger partial charge in [0.25, 0.3) is 5.91 Å². The number of aryl methyl sites for hydroxylation is 2. The molecule has 24 heavy (non-hydrogen) atoms. The van der Waals surface area contributed by atoms with Gasteiger partial charge >= 0.3 is 0 Å². The van der Waals surface area contributed by atoms with Crippen LogP contribution in [0.15, 0.2) is 30.8 Å². The molecule has 0 saturated carbocycles. The maximum Gasteiger partial charge on any atom is 0.260 e. The number of amides is 1. The minimum Gasteiger partial charge on any atom is -0.497 e. The maximum atomic E-state index is 12.0. The number of rotatable bonds is 7. The van der Waals surface area contributed by atoms with Crippen molar-refractivity contribution in [1.29, 1.82) is 0 Å². The number of carbonyl (C=O) groups excluding carboxylic acids is 1. The van der Waals surface area contributed by atoms with Gasteiger partial charge in [0, 0.05) is 17.3 Å². The van der Waals surface area contributed by atoms with Crippen LogP contribution in [0, 0.1) is 13.8 Å². The highest BCUT2D eigenvalue weighted by Crippen LogP contribution is 2.27. The number of benzene rings is 1. The van der Waals surface area contributed by atoms with Gasteiger partial charge in [0.2, 0.25) is 0 Å². The Bertz CT molecular complexity index is 752. The Morgan fingerprint density at radius 1 is 1.21 bits per heavy atom. The van der Waals surface area contributed by atoms with E-state index in [2.05, 4.69) is 22.5 Å². The third-order valence-electron chi connectivity index (χ3n) is 3.48. The molecule has 1 amide bonds. The summed E-state index contributed by atoms with van der Waals surface area (Å²) in [5, 5.41) is 4.25. The van der Waals surface area contributed by atoms with Crippen LogP contribution < -0.4 is 20.3 Å². The van der Waals surface area contributed by atoms with Gasteiger partial charge in [-0.2, -0.15) is 5.10 Å². The molecule has 128 valence electrons. The Morgan fingerprint density at radius 3 is 2.54 bits per heavy atom. The summed E-state index contributed by atoms with van der Waals surface area (Å²) in [4.78, 5) is 12.0. The van der Waals surface area contributed by atoms with Crippen molar-refractivity contribution in [2.24, 2.45) is 0 Å². The van der Waals surface area contributed by atoms with E-state index in [1.807, 2.05) is 19.9 Å². The first-order valence-corrected chi connectivity index (χ1v) is 7.41. The van der Waals surface area contributed by atoms with E-state index in [1.54, 1.807) is 37.1 Å². The van der Waals surface area contributed by atoms with Crippen molar-refractivity contribution in [3.63, 3.8) is 0 Å². The number of nitrogens with zero attached hydrogens (tertiary/aromatic N) is 2. The Kier molecular flexibility index (Phi) is 5.47. The van der Waals surface area contributed by atoms with Crippen molar-refractivity contribution in [3.05, 3.63) is 47.8 Å². The molecule has 0 spiro atoms. The van der Waals surface area contributed by atoms with E-state index in [0.717, 1.165) is 17.0 Å². The third kappa shape index (κ3) is 4.07. The van der Waals surface area contributed by atoms with Gasteiger partial charge in [0.15, 0.2) is 0 Å². The number of nitrogens with one attached hydrogen (secondary N) is 2. The van der Waals surface area contributed by atoms with Crippen molar-refractivity contribution in [2.45, 2.75) is 20.4 Å². The molecule has 0 fully saturated rings. The van der Waals surface area contributed by atoms with E-state index in [1.165, 1.54) is 0 Å². The fourth-order valence-corrected chi connectivity index (χ4v) is 2.27. The van der Waals surface area contributed by atoms with Gasteiger partial charge in [-0.05, 0) is 32.0 Å². The van der Waals surface area contributed by atoms with Crippen LogP contribution in [0.4, 0.5) is 0 Å². The Labute approximate surface area is 141 Å². The van der Waals surface area contributed by atoms with Crippen LogP contribution in [-0.2, 0) is 11.3 Å². The molecule has 0 aliphatic carbocycles. The standard InChI is InChI=1S/C17H22N4O3/c1-11-8-12(2)21(20-11)10-17(22)19-18-13(3)15-7-6-14(23-4)9-16(15)24-5/h6-9,18H,3,10H2,1-2,4-5H3,(H,19,22). The second-order valence-electron chi connectivity index (χ2n) is 5.30. The molecule has 1 aromatic carbocycles. The summed E-state index contributed by atoms with van der Waals surface area (Å²) in [5.74, 6) is 1.05. The number of aromatic nitrogens is 2. The lowest BCUT2D eigenvalue weighted by atomic mass is 10.1. The first kappa shape index (κ1) is 17.4. The molecule has 2 aromatic rings. The largest absolute Gasteiger partial charge is 0.497 e. The highest BCUT2D eigenvalue weighted by Gasteiger charge is 2.11. The quantitative estimate of drug-likeness (QED) is 0.757. The minimum atomic E-state index is -0.227. The van der Waals surface area contributed by atoms with E-state index in [4.69, 9.17) is 9.47 Å². The van der Waals surface area contributed by atoms with Crippen molar-refractivity contribution in [2.75, 3.05) is 14.2 Å². The normalized spacial score (nSPS) is 10.2. The molecule has 0 saturated heterocycles. The van der Waals surface area contributed by atoms with Crippen LogP contribution in [-0.4, -0.2) is 29.9 Å². The van der Waals surface area contributed by atoms with Crippen molar-refractivity contribution in [3.8, 4) is 11.5 Å². The van der Waals surface area contributed by atoms with Crippen LogP contribution in [0.3, 0.4) is 0 Å². The molecule has 1 heterocycles. The fourth-order valence-electron chi connectivity index (χ4n) is 2.27. The molecule has 7 nitrogen and oxygen atoms in total. The van der Waals surface area contributed by atoms with Crippen LogP contribution in [0.1, 0.15) is 17.0 Å². The van der Waals surface area contributed by atoms with Crippen molar-refractivity contribution < 1.29 is 14.3 Å². The third-order valence-corrected chi connectivity index (χ3v) is 3.48. The molecule has 0 atom stereocenters. The maximum absolute atomic E-state index is 12.0. The molecule has 0 bridgehead atoms. The summed E-state index contributed by atoms with van der Waals surface area (Å²) >= 11 is 0. The van der Waals surface area contributed by atoms with Gasteiger partial charge < -0.3 is 9.47 Å². The lowest BCUT2D eigenvalue weighted by molar-refractivity contribution is -0.122. The molecule has 1 aromatic heterocycles. The zero-order valence-electron chi connectivity index (χ0n) is 14.3. The van der Waals surface area contributed by atoms with Gasteiger partial charge in [-0.25, -0.2) is 0 Å². The summed E-state index contributed by atoms with van der Waals surface area (Å²) in [5.41, 5.74) is 8.45. The topological polar surface area (TPSA) is 77.4 Å².